The van der Waals surface area contributed by atoms with Crippen LogP contribution in [0.2, 0.25) is 0 Å². The summed E-state index contributed by atoms with van der Waals surface area (Å²) in [6, 6.07) is 2.40. The largest absolute Gasteiger partial charge is 0.481 e. The van der Waals surface area contributed by atoms with Crippen LogP contribution in [0.5, 0.6) is 0 Å². The second-order valence-corrected chi connectivity index (χ2v) is 4.80. The number of methoxy groups -OCH3 is 1. The van der Waals surface area contributed by atoms with Crippen molar-refractivity contribution in [3.63, 3.8) is 0 Å². The van der Waals surface area contributed by atoms with E-state index in [4.69, 9.17) is 9.84 Å². The molecule has 0 aliphatic carbocycles. The first-order chi connectivity index (χ1) is 8.29. The van der Waals surface area contributed by atoms with E-state index < -0.39 is 23.0 Å². The number of carboxylic acid groups (broad SMARTS) is 1. The van der Waals surface area contributed by atoms with E-state index in [9.17, 15) is 13.6 Å². The van der Waals surface area contributed by atoms with E-state index in [0.717, 1.165) is 6.07 Å². The maximum Gasteiger partial charge on any atom is 0.309 e. The highest BCUT2D eigenvalue weighted by atomic mass is 19.1. The van der Waals surface area contributed by atoms with Gasteiger partial charge in [0, 0.05) is 12.7 Å². The van der Waals surface area contributed by atoms with Crippen LogP contribution < -0.4 is 0 Å². The van der Waals surface area contributed by atoms with Crippen LogP contribution in [0.3, 0.4) is 0 Å². The second kappa shape index (κ2) is 5.44. The number of carbonyl (C=O) groups is 1. The molecule has 0 spiro atoms. The molecule has 0 atom stereocenters. The van der Waals surface area contributed by atoms with E-state index in [1.807, 2.05) is 0 Å². The molecule has 18 heavy (non-hydrogen) atoms. The number of ether oxygens (including phenoxy) is 1. The Bertz CT molecular complexity index is 456. The summed E-state index contributed by atoms with van der Waals surface area (Å²) >= 11 is 0. The monoisotopic (exact) mass is 258 g/mol. The van der Waals surface area contributed by atoms with Crippen molar-refractivity contribution in [2.45, 2.75) is 26.9 Å². The van der Waals surface area contributed by atoms with Gasteiger partial charge in [0.2, 0.25) is 0 Å². The van der Waals surface area contributed by atoms with Gasteiger partial charge in [-0.05, 0) is 31.9 Å². The number of halogens is 2. The molecule has 0 aliphatic heterocycles. The number of rotatable bonds is 5. The third kappa shape index (κ3) is 3.04. The highest BCUT2D eigenvalue weighted by molar-refractivity contribution is 5.74. The van der Waals surface area contributed by atoms with Gasteiger partial charge in [0.15, 0.2) is 0 Å². The zero-order valence-electron chi connectivity index (χ0n) is 10.6. The van der Waals surface area contributed by atoms with Crippen molar-refractivity contribution in [1.82, 2.24) is 0 Å². The number of benzene rings is 1. The van der Waals surface area contributed by atoms with Crippen molar-refractivity contribution < 1.29 is 23.4 Å². The van der Waals surface area contributed by atoms with Crippen LogP contribution in [0.4, 0.5) is 8.78 Å². The topological polar surface area (TPSA) is 46.5 Å². The Morgan fingerprint density at radius 2 is 2.00 bits per heavy atom. The van der Waals surface area contributed by atoms with Gasteiger partial charge in [0.05, 0.1) is 12.0 Å². The molecular weight excluding hydrogens is 242 g/mol. The molecule has 0 radical (unpaired) electrons. The van der Waals surface area contributed by atoms with Crippen molar-refractivity contribution in [3.8, 4) is 0 Å². The van der Waals surface area contributed by atoms with Crippen LogP contribution in [0, 0.1) is 17.0 Å². The zero-order valence-corrected chi connectivity index (χ0v) is 10.6. The van der Waals surface area contributed by atoms with E-state index in [-0.39, 0.29) is 24.2 Å². The molecule has 0 aliphatic rings. The summed E-state index contributed by atoms with van der Waals surface area (Å²) in [5.74, 6) is -2.45. The number of hydrogen-bond donors (Lipinski definition) is 1. The Hall–Kier alpha value is -1.49. The minimum Gasteiger partial charge on any atom is -0.481 e. The van der Waals surface area contributed by atoms with Gasteiger partial charge >= 0.3 is 5.97 Å². The molecule has 0 saturated heterocycles. The fraction of sp³-hybridized carbons (Fsp3) is 0.462. The first kappa shape index (κ1) is 14.6. The number of carboxylic acids is 1. The molecule has 3 nitrogen and oxygen atoms in total. The SMILES string of the molecule is COCc1c(F)ccc(CC(C)(C)C(=O)O)c1F. The Balaban J connectivity index is 3.12. The van der Waals surface area contributed by atoms with Gasteiger partial charge in [-0.25, -0.2) is 8.78 Å². The molecule has 0 fully saturated rings. The normalized spacial score (nSPS) is 11.6. The van der Waals surface area contributed by atoms with Gasteiger partial charge in [-0.3, -0.25) is 4.79 Å². The zero-order chi connectivity index (χ0) is 13.9. The smallest absolute Gasteiger partial charge is 0.309 e. The summed E-state index contributed by atoms with van der Waals surface area (Å²) in [5, 5.41) is 9.00. The molecule has 1 aromatic carbocycles. The maximum absolute atomic E-state index is 14.0. The first-order valence-electron chi connectivity index (χ1n) is 5.47. The summed E-state index contributed by atoms with van der Waals surface area (Å²) in [4.78, 5) is 11.0. The predicted octanol–water partition coefficient (Wildman–Crippen LogP) is 2.76. The Morgan fingerprint density at radius 3 is 2.50 bits per heavy atom. The number of aliphatic carboxylic acids is 1. The van der Waals surface area contributed by atoms with E-state index in [1.54, 1.807) is 0 Å². The first-order valence-corrected chi connectivity index (χ1v) is 5.47. The molecule has 100 valence electrons. The van der Waals surface area contributed by atoms with Crippen LogP contribution in [0.25, 0.3) is 0 Å². The molecule has 5 heteroatoms. The van der Waals surface area contributed by atoms with E-state index in [1.165, 1.54) is 27.0 Å². The van der Waals surface area contributed by atoms with Crippen LogP contribution in [0.1, 0.15) is 25.0 Å². The Kier molecular flexibility index (Phi) is 4.40. The molecular formula is C13H16F2O3. The van der Waals surface area contributed by atoms with Gasteiger partial charge in [0.25, 0.3) is 0 Å². The minimum absolute atomic E-state index is 0.00877. The van der Waals surface area contributed by atoms with Crippen molar-refractivity contribution in [2.75, 3.05) is 7.11 Å². The predicted molar refractivity (Wildman–Crippen MR) is 62.2 cm³/mol. The standard InChI is InChI=1S/C13H16F2O3/c1-13(2,12(16)17)6-8-4-5-10(14)9(7-18-3)11(8)15/h4-5H,6-7H2,1-3H3,(H,16,17). The van der Waals surface area contributed by atoms with E-state index in [0.29, 0.717) is 0 Å². The fourth-order valence-electron chi connectivity index (χ4n) is 1.61. The summed E-state index contributed by atoms with van der Waals surface area (Å²) in [5.41, 5.74) is -1.10. The van der Waals surface area contributed by atoms with Crippen LogP contribution in [-0.4, -0.2) is 18.2 Å². The number of hydrogen-bond acceptors (Lipinski definition) is 2. The highest BCUT2D eigenvalue weighted by Gasteiger charge is 2.29. The molecule has 1 aromatic rings. The molecule has 0 heterocycles. The quantitative estimate of drug-likeness (QED) is 0.883. The molecule has 0 amide bonds. The lowest BCUT2D eigenvalue weighted by Crippen LogP contribution is -2.26. The van der Waals surface area contributed by atoms with Crippen LogP contribution in [-0.2, 0) is 22.6 Å². The van der Waals surface area contributed by atoms with Gasteiger partial charge in [-0.1, -0.05) is 6.07 Å². The van der Waals surface area contributed by atoms with Gasteiger partial charge in [0.1, 0.15) is 11.6 Å². The Labute approximate surface area is 104 Å². The molecule has 1 N–H and O–H groups in total. The minimum atomic E-state index is -1.11. The van der Waals surface area contributed by atoms with Crippen LogP contribution in [0.15, 0.2) is 12.1 Å². The molecule has 0 aromatic heterocycles. The van der Waals surface area contributed by atoms with Crippen molar-refractivity contribution in [3.05, 3.63) is 34.9 Å². The van der Waals surface area contributed by atoms with Crippen LogP contribution >= 0.6 is 0 Å². The summed E-state index contributed by atoms with van der Waals surface area (Å²) in [7, 11) is 1.34. The third-order valence-corrected chi connectivity index (χ3v) is 2.77. The van der Waals surface area contributed by atoms with Gasteiger partial charge < -0.3 is 9.84 Å². The third-order valence-electron chi connectivity index (χ3n) is 2.77. The summed E-state index contributed by atoms with van der Waals surface area (Å²) in [6.07, 6.45) is -0.00877. The van der Waals surface area contributed by atoms with Gasteiger partial charge in [-0.2, -0.15) is 0 Å². The van der Waals surface area contributed by atoms with Crippen molar-refractivity contribution in [1.29, 1.82) is 0 Å². The molecule has 0 unspecified atom stereocenters. The fourth-order valence-corrected chi connectivity index (χ4v) is 1.61. The molecule has 1 rings (SSSR count). The lowest BCUT2D eigenvalue weighted by Gasteiger charge is -2.20. The van der Waals surface area contributed by atoms with Gasteiger partial charge in [-0.15, -0.1) is 0 Å². The highest BCUT2D eigenvalue weighted by Crippen LogP contribution is 2.26. The molecule has 0 saturated carbocycles. The van der Waals surface area contributed by atoms with E-state index >= 15 is 0 Å². The molecule has 0 bridgehead atoms. The van der Waals surface area contributed by atoms with Crippen molar-refractivity contribution in [2.24, 2.45) is 5.41 Å². The summed E-state index contributed by atoms with van der Waals surface area (Å²) < 4.78 is 32.1. The lowest BCUT2D eigenvalue weighted by atomic mass is 9.85. The average molecular weight is 258 g/mol. The average Bonchev–Trinajstić information content (AvgIpc) is 2.28. The maximum atomic E-state index is 14.0. The summed E-state index contributed by atoms with van der Waals surface area (Å²) in [6.45, 7) is 2.81. The Morgan fingerprint density at radius 1 is 1.39 bits per heavy atom. The van der Waals surface area contributed by atoms with Crippen molar-refractivity contribution >= 4 is 5.97 Å². The lowest BCUT2D eigenvalue weighted by molar-refractivity contribution is -0.146. The second-order valence-electron chi connectivity index (χ2n) is 4.80. The van der Waals surface area contributed by atoms with E-state index in [2.05, 4.69) is 0 Å².